The standard InChI is InChI=1S/C22H26FN5OS/c1-15-24-12-19(30-15)13-28-9-7-16(8-10-28)11-21-20(14-27(2)26-21)22(29)25-18-5-3-17(23)4-6-18/h3-6,12,14,16H,7-11,13H2,1-2H3,(H,25,29). The Bertz CT molecular complexity index is 1000. The highest BCUT2D eigenvalue weighted by Gasteiger charge is 2.24. The summed E-state index contributed by atoms with van der Waals surface area (Å²) in [4.78, 5) is 20.9. The third kappa shape index (κ3) is 5.12. The minimum Gasteiger partial charge on any atom is -0.322 e. The van der Waals surface area contributed by atoms with Crippen LogP contribution in [-0.2, 0) is 20.0 Å². The van der Waals surface area contributed by atoms with Gasteiger partial charge in [-0.3, -0.25) is 14.4 Å². The van der Waals surface area contributed by atoms with E-state index in [0.29, 0.717) is 17.2 Å². The number of anilines is 1. The number of rotatable bonds is 6. The molecule has 3 heterocycles. The Hall–Kier alpha value is -2.58. The van der Waals surface area contributed by atoms with Gasteiger partial charge in [0, 0.05) is 36.6 Å². The number of piperidine rings is 1. The third-order valence-electron chi connectivity index (χ3n) is 5.49. The number of nitrogens with zero attached hydrogens (tertiary/aromatic N) is 4. The van der Waals surface area contributed by atoms with Crippen molar-refractivity contribution in [2.24, 2.45) is 13.0 Å². The van der Waals surface area contributed by atoms with Crippen molar-refractivity contribution >= 4 is 22.9 Å². The zero-order valence-electron chi connectivity index (χ0n) is 17.3. The van der Waals surface area contributed by atoms with E-state index in [4.69, 9.17) is 0 Å². The SMILES string of the molecule is Cc1ncc(CN2CCC(Cc3nn(C)cc3C(=O)Nc3ccc(F)cc3)CC2)s1. The molecule has 1 N–H and O–H groups in total. The quantitative estimate of drug-likeness (QED) is 0.645. The van der Waals surface area contributed by atoms with E-state index in [0.717, 1.165) is 49.6 Å². The Kier molecular flexibility index (Phi) is 6.24. The van der Waals surface area contributed by atoms with Crippen LogP contribution in [0.15, 0.2) is 36.7 Å². The van der Waals surface area contributed by atoms with Crippen molar-refractivity contribution in [3.8, 4) is 0 Å². The van der Waals surface area contributed by atoms with Crippen molar-refractivity contribution in [3.05, 3.63) is 63.6 Å². The maximum atomic E-state index is 13.1. The number of thiazole rings is 1. The van der Waals surface area contributed by atoms with E-state index in [1.54, 1.807) is 34.3 Å². The van der Waals surface area contributed by atoms with Crippen LogP contribution < -0.4 is 5.32 Å². The van der Waals surface area contributed by atoms with E-state index in [-0.39, 0.29) is 11.7 Å². The summed E-state index contributed by atoms with van der Waals surface area (Å²) >= 11 is 1.76. The lowest BCUT2D eigenvalue weighted by atomic mass is 9.91. The number of hydrogen-bond acceptors (Lipinski definition) is 5. The van der Waals surface area contributed by atoms with E-state index in [1.807, 2.05) is 20.2 Å². The summed E-state index contributed by atoms with van der Waals surface area (Å²) in [5, 5.41) is 8.50. The number of carbonyl (C=O) groups is 1. The van der Waals surface area contributed by atoms with Crippen LogP contribution >= 0.6 is 11.3 Å². The second-order valence-corrected chi connectivity index (χ2v) is 9.21. The molecule has 3 aromatic rings. The maximum Gasteiger partial charge on any atom is 0.259 e. The molecule has 0 saturated carbocycles. The van der Waals surface area contributed by atoms with E-state index >= 15 is 0 Å². The van der Waals surface area contributed by atoms with Crippen molar-refractivity contribution < 1.29 is 9.18 Å². The zero-order chi connectivity index (χ0) is 21.1. The number of amides is 1. The fourth-order valence-electron chi connectivity index (χ4n) is 3.93. The Balaban J connectivity index is 1.35. The van der Waals surface area contributed by atoms with Gasteiger partial charge in [0.1, 0.15) is 5.82 Å². The van der Waals surface area contributed by atoms with Gasteiger partial charge in [0.25, 0.3) is 5.91 Å². The highest BCUT2D eigenvalue weighted by atomic mass is 32.1. The van der Waals surface area contributed by atoms with Crippen LogP contribution in [0.25, 0.3) is 0 Å². The molecule has 0 unspecified atom stereocenters. The van der Waals surface area contributed by atoms with Crippen molar-refractivity contribution in [2.45, 2.75) is 32.7 Å². The molecule has 1 aliphatic rings. The first-order valence-electron chi connectivity index (χ1n) is 10.2. The normalized spacial score (nSPS) is 15.4. The first-order valence-corrected chi connectivity index (χ1v) is 11.0. The molecule has 158 valence electrons. The van der Waals surface area contributed by atoms with Crippen molar-refractivity contribution in [2.75, 3.05) is 18.4 Å². The summed E-state index contributed by atoms with van der Waals surface area (Å²) in [6.07, 6.45) is 6.71. The fourth-order valence-corrected chi connectivity index (χ4v) is 4.76. The van der Waals surface area contributed by atoms with Crippen LogP contribution in [-0.4, -0.2) is 38.7 Å². The summed E-state index contributed by atoms with van der Waals surface area (Å²) in [6, 6.07) is 5.79. The summed E-state index contributed by atoms with van der Waals surface area (Å²) in [7, 11) is 1.83. The largest absolute Gasteiger partial charge is 0.322 e. The minimum absolute atomic E-state index is 0.206. The molecule has 0 atom stereocenters. The fraction of sp³-hybridized carbons (Fsp3) is 0.409. The Labute approximate surface area is 179 Å². The molecule has 30 heavy (non-hydrogen) atoms. The predicted octanol–water partition coefficient (Wildman–Crippen LogP) is 4.03. The van der Waals surface area contributed by atoms with Crippen LogP contribution in [0.3, 0.4) is 0 Å². The van der Waals surface area contributed by atoms with Crippen molar-refractivity contribution in [1.29, 1.82) is 0 Å². The molecule has 1 amide bonds. The van der Waals surface area contributed by atoms with E-state index < -0.39 is 0 Å². The Morgan fingerprint density at radius 2 is 2.00 bits per heavy atom. The van der Waals surface area contributed by atoms with Gasteiger partial charge >= 0.3 is 0 Å². The molecule has 0 aliphatic carbocycles. The lowest BCUT2D eigenvalue weighted by Gasteiger charge is -2.31. The van der Waals surface area contributed by atoms with Gasteiger partial charge in [0.05, 0.1) is 16.3 Å². The van der Waals surface area contributed by atoms with Crippen LogP contribution in [0.5, 0.6) is 0 Å². The summed E-state index contributed by atoms with van der Waals surface area (Å²) in [5.74, 6) is -0.0219. The molecule has 0 spiro atoms. The number of nitrogens with one attached hydrogen (secondary N) is 1. The molecule has 2 aromatic heterocycles. The molecule has 1 aromatic carbocycles. The highest BCUT2D eigenvalue weighted by molar-refractivity contribution is 7.11. The van der Waals surface area contributed by atoms with Gasteiger partial charge in [-0.1, -0.05) is 0 Å². The molecule has 1 saturated heterocycles. The Morgan fingerprint density at radius 1 is 1.27 bits per heavy atom. The molecule has 0 radical (unpaired) electrons. The average molecular weight is 428 g/mol. The monoisotopic (exact) mass is 427 g/mol. The Morgan fingerprint density at radius 3 is 2.67 bits per heavy atom. The first kappa shape index (κ1) is 20.7. The van der Waals surface area contributed by atoms with Crippen LogP contribution in [0.1, 0.15) is 38.8 Å². The van der Waals surface area contributed by atoms with Gasteiger partial charge in [0.2, 0.25) is 0 Å². The molecular weight excluding hydrogens is 401 g/mol. The van der Waals surface area contributed by atoms with Crippen LogP contribution in [0.4, 0.5) is 10.1 Å². The van der Waals surface area contributed by atoms with E-state index in [2.05, 4.69) is 20.3 Å². The van der Waals surface area contributed by atoms with E-state index in [9.17, 15) is 9.18 Å². The van der Waals surface area contributed by atoms with Crippen LogP contribution in [0, 0.1) is 18.7 Å². The number of likely N-dealkylation sites (tertiary alicyclic amines) is 1. The lowest BCUT2D eigenvalue weighted by Crippen LogP contribution is -2.33. The first-order chi connectivity index (χ1) is 14.5. The van der Waals surface area contributed by atoms with E-state index in [1.165, 1.54) is 17.0 Å². The number of hydrogen-bond donors (Lipinski definition) is 1. The number of aromatic nitrogens is 3. The second-order valence-electron chi connectivity index (χ2n) is 7.89. The minimum atomic E-state index is -0.327. The third-order valence-corrected chi connectivity index (χ3v) is 6.39. The van der Waals surface area contributed by atoms with Gasteiger partial charge in [-0.05, 0) is 69.5 Å². The number of halogens is 1. The molecule has 1 fully saturated rings. The molecule has 1 aliphatic heterocycles. The second kappa shape index (κ2) is 9.06. The van der Waals surface area contributed by atoms with Gasteiger partial charge < -0.3 is 5.32 Å². The average Bonchev–Trinajstić information content (AvgIpc) is 3.30. The molecule has 4 rings (SSSR count). The zero-order valence-corrected chi connectivity index (χ0v) is 18.1. The molecular formula is C22H26FN5OS. The summed E-state index contributed by atoms with van der Waals surface area (Å²) < 4.78 is 14.8. The maximum absolute atomic E-state index is 13.1. The van der Waals surface area contributed by atoms with Crippen molar-refractivity contribution in [1.82, 2.24) is 19.7 Å². The summed E-state index contributed by atoms with van der Waals surface area (Å²) in [6.45, 7) is 5.10. The topological polar surface area (TPSA) is 63.1 Å². The smallest absolute Gasteiger partial charge is 0.259 e. The van der Waals surface area contributed by atoms with Crippen molar-refractivity contribution in [3.63, 3.8) is 0 Å². The summed E-state index contributed by atoms with van der Waals surface area (Å²) in [5.41, 5.74) is 1.99. The van der Waals surface area contributed by atoms with Gasteiger partial charge in [-0.2, -0.15) is 5.10 Å². The molecule has 0 bridgehead atoms. The van der Waals surface area contributed by atoms with Gasteiger partial charge in [-0.25, -0.2) is 9.37 Å². The van der Waals surface area contributed by atoms with Gasteiger partial charge in [0.15, 0.2) is 0 Å². The molecule has 6 nitrogen and oxygen atoms in total. The van der Waals surface area contributed by atoms with Gasteiger partial charge in [-0.15, -0.1) is 11.3 Å². The number of benzene rings is 1. The molecule has 8 heteroatoms. The predicted molar refractivity (Wildman–Crippen MR) is 116 cm³/mol. The number of aryl methyl sites for hydroxylation is 2. The lowest BCUT2D eigenvalue weighted by molar-refractivity contribution is 0.102. The van der Waals surface area contributed by atoms with Crippen LogP contribution in [0.2, 0.25) is 0 Å². The highest BCUT2D eigenvalue weighted by Crippen LogP contribution is 2.25. The number of carbonyl (C=O) groups excluding carboxylic acids is 1.